The van der Waals surface area contributed by atoms with Crippen molar-refractivity contribution < 1.29 is 0 Å². The average molecular weight is 258 g/mol. The Bertz CT molecular complexity index is 656. The molecule has 3 heterocycles. The molecule has 1 saturated heterocycles. The Kier molecular flexibility index (Phi) is 2.98. The van der Waals surface area contributed by atoms with Gasteiger partial charge in [0.1, 0.15) is 5.65 Å². The summed E-state index contributed by atoms with van der Waals surface area (Å²) in [5.74, 6) is 0. The lowest BCUT2D eigenvalue weighted by Crippen LogP contribution is -2.44. The minimum absolute atomic E-state index is 0.0153. The summed E-state index contributed by atoms with van der Waals surface area (Å²) in [7, 11) is 2.13. The minimum Gasteiger partial charge on any atom is -0.368 e. The van der Waals surface area contributed by atoms with Crippen LogP contribution in [0.2, 0.25) is 0 Å². The first-order valence-corrected chi connectivity index (χ1v) is 6.57. The van der Waals surface area contributed by atoms with E-state index >= 15 is 0 Å². The summed E-state index contributed by atoms with van der Waals surface area (Å²) >= 11 is 0. The normalized spacial score (nSPS) is 17.1. The predicted octanol–water partition coefficient (Wildman–Crippen LogP) is 0.755. The first-order chi connectivity index (χ1) is 9.13. The van der Waals surface area contributed by atoms with Gasteiger partial charge in [-0.3, -0.25) is 9.20 Å². The van der Waals surface area contributed by atoms with Crippen LogP contribution in [0.5, 0.6) is 0 Å². The molecule has 0 radical (unpaired) electrons. The molecule has 0 spiro atoms. The van der Waals surface area contributed by atoms with Gasteiger partial charge in [-0.2, -0.15) is 0 Å². The van der Waals surface area contributed by atoms with E-state index in [0.717, 1.165) is 37.6 Å². The second-order valence-electron chi connectivity index (χ2n) is 5.14. The van der Waals surface area contributed by atoms with Crippen LogP contribution in [0.3, 0.4) is 0 Å². The van der Waals surface area contributed by atoms with E-state index in [2.05, 4.69) is 21.8 Å². The van der Waals surface area contributed by atoms with Gasteiger partial charge < -0.3 is 9.80 Å². The second-order valence-corrected chi connectivity index (χ2v) is 5.14. The molecule has 5 heteroatoms. The predicted molar refractivity (Wildman–Crippen MR) is 75.9 cm³/mol. The highest BCUT2D eigenvalue weighted by Crippen LogP contribution is 2.16. The number of aromatic nitrogens is 2. The van der Waals surface area contributed by atoms with Crippen LogP contribution in [0.1, 0.15) is 5.69 Å². The van der Waals surface area contributed by atoms with Gasteiger partial charge in [-0.05, 0) is 26.1 Å². The van der Waals surface area contributed by atoms with Crippen LogP contribution in [0, 0.1) is 6.92 Å². The minimum atomic E-state index is -0.0153. The van der Waals surface area contributed by atoms with E-state index in [1.807, 2.05) is 25.3 Å². The topological polar surface area (TPSA) is 40.9 Å². The van der Waals surface area contributed by atoms with E-state index in [4.69, 9.17) is 0 Å². The van der Waals surface area contributed by atoms with Crippen LogP contribution in [-0.2, 0) is 0 Å². The van der Waals surface area contributed by atoms with Gasteiger partial charge in [0.15, 0.2) is 0 Å². The van der Waals surface area contributed by atoms with Crippen LogP contribution in [0.15, 0.2) is 29.2 Å². The van der Waals surface area contributed by atoms with Crippen molar-refractivity contribution in [1.29, 1.82) is 0 Å². The van der Waals surface area contributed by atoms with Gasteiger partial charge in [0, 0.05) is 44.1 Å². The van der Waals surface area contributed by atoms with Crippen molar-refractivity contribution in [2.45, 2.75) is 6.92 Å². The van der Waals surface area contributed by atoms with E-state index in [1.165, 1.54) is 0 Å². The highest BCUT2D eigenvalue weighted by atomic mass is 16.1. The van der Waals surface area contributed by atoms with Gasteiger partial charge in [-0.1, -0.05) is 0 Å². The molecular formula is C14H18N4O. The zero-order valence-corrected chi connectivity index (χ0v) is 11.3. The Labute approximate surface area is 112 Å². The van der Waals surface area contributed by atoms with Gasteiger partial charge in [0.05, 0.1) is 5.69 Å². The Morgan fingerprint density at radius 2 is 1.89 bits per heavy atom. The molecule has 1 fully saturated rings. The molecule has 0 aromatic carbocycles. The van der Waals surface area contributed by atoms with Gasteiger partial charge in [0.25, 0.3) is 5.56 Å². The first-order valence-electron chi connectivity index (χ1n) is 6.57. The van der Waals surface area contributed by atoms with Crippen molar-refractivity contribution in [2.75, 3.05) is 38.1 Å². The number of hydrogen-bond donors (Lipinski definition) is 0. The number of hydrogen-bond acceptors (Lipinski definition) is 4. The monoisotopic (exact) mass is 258 g/mol. The number of aryl methyl sites for hydroxylation is 1. The summed E-state index contributed by atoms with van der Waals surface area (Å²) in [6.45, 7) is 5.94. The molecule has 100 valence electrons. The molecule has 2 aromatic rings. The molecule has 0 aliphatic carbocycles. The SMILES string of the molecule is Cc1cc(=O)n2cc(N3CCN(C)CC3)ccc2n1. The van der Waals surface area contributed by atoms with Crippen molar-refractivity contribution in [3.05, 3.63) is 40.4 Å². The number of pyridine rings is 1. The second kappa shape index (κ2) is 4.66. The first kappa shape index (κ1) is 12.2. The summed E-state index contributed by atoms with van der Waals surface area (Å²) in [5, 5.41) is 0. The maximum Gasteiger partial charge on any atom is 0.258 e. The zero-order valence-electron chi connectivity index (χ0n) is 11.3. The van der Waals surface area contributed by atoms with Crippen LogP contribution in [0.25, 0.3) is 5.65 Å². The fraction of sp³-hybridized carbons (Fsp3) is 0.429. The molecule has 3 rings (SSSR count). The fourth-order valence-electron chi connectivity index (χ4n) is 2.46. The molecule has 0 amide bonds. The number of anilines is 1. The van der Waals surface area contributed by atoms with Crippen LogP contribution in [-0.4, -0.2) is 47.5 Å². The Morgan fingerprint density at radius 3 is 2.63 bits per heavy atom. The van der Waals surface area contributed by atoms with Crippen molar-refractivity contribution in [3.8, 4) is 0 Å². The highest BCUT2D eigenvalue weighted by Gasteiger charge is 2.14. The molecule has 0 atom stereocenters. The maximum absolute atomic E-state index is 12.0. The Hall–Kier alpha value is -1.88. The fourth-order valence-corrected chi connectivity index (χ4v) is 2.46. The van der Waals surface area contributed by atoms with Crippen molar-refractivity contribution in [3.63, 3.8) is 0 Å². The van der Waals surface area contributed by atoms with E-state index in [0.29, 0.717) is 5.65 Å². The summed E-state index contributed by atoms with van der Waals surface area (Å²) in [6.07, 6.45) is 1.90. The number of rotatable bonds is 1. The summed E-state index contributed by atoms with van der Waals surface area (Å²) in [6, 6.07) is 5.54. The number of nitrogens with zero attached hydrogens (tertiary/aromatic N) is 4. The lowest BCUT2D eigenvalue weighted by Gasteiger charge is -2.34. The third kappa shape index (κ3) is 2.33. The van der Waals surface area contributed by atoms with Gasteiger partial charge in [0.2, 0.25) is 0 Å². The van der Waals surface area contributed by atoms with Crippen molar-refractivity contribution in [1.82, 2.24) is 14.3 Å². The molecule has 0 bridgehead atoms. The number of piperazine rings is 1. The largest absolute Gasteiger partial charge is 0.368 e. The standard InChI is InChI=1S/C14H18N4O/c1-11-9-14(19)18-10-12(3-4-13(18)15-11)17-7-5-16(2)6-8-17/h3-4,9-10H,5-8H2,1-2H3. The quantitative estimate of drug-likeness (QED) is 0.757. The summed E-state index contributed by atoms with van der Waals surface area (Å²) in [4.78, 5) is 21.0. The van der Waals surface area contributed by atoms with Gasteiger partial charge in [-0.25, -0.2) is 4.98 Å². The summed E-state index contributed by atoms with van der Waals surface area (Å²) < 4.78 is 1.63. The molecule has 0 N–H and O–H groups in total. The average Bonchev–Trinajstić information content (AvgIpc) is 2.39. The maximum atomic E-state index is 12.0. The lowest BCUT2D eigenvalue weighted by atomic mass is 10.3. The van der Waals surface area contributed by atoms with E-state index < -0.39 is 0 Å². The molecule has 19 heavy (non-hydrogen) atoms. The van der Waals surface area contributed by atoms with Crippen LogP contribution >= 0.6 is 0 Å². The van der Waals surface area contributed by atoms with E-state index in [9.17, 15) is 4.79 Å². The van der Waals surface area contributed by atoms with E-state index in [1.54, 1.807) is 10.5 Å². The van der Waals surface area contributed by atoms with Crippen LogP contribution in [0.4, 0.5) is 5.69 Å². The van der Waals surface area contributed by atoms with Crippen LogP contribution < -0.4 is 10.5 Å². The molecule has 0 unspecified atom stereocenters. The highest BCUT2D eigenvalue weighted by molar-refractivity contribution is 5.52. The lowest BCUT2D eigenvalue weighted by molar-refractivity contribution is 0.313. The Balaban J connectivity index is 2.00. The summed E-state index contributed by atoms with van der Waals surface area (Å²) in [5.41, 5.74) is 2.55. The Morgan fingerprint density at radius 1 is 1.16 bits per heavy atom. The van der Waals surface area contributed by atoms with Crippen molar-refractivity contribution >= 4 is 11.3 Å². The van der Waals surface area contributed by atoms with Gasteiger partial charge >= 0.3 is 0 Å². The smallest absolute Gasteiger partial charge is 0.258 e. The van der Waals surface area contributed by atoms with Gasteiger partial charge in [-0.15, -0.1) is 0 Å². The number of likely N-dealkylation sites (N-methyl/N-ethyl adjacent to an activating group) is 1. The molecule has 5 nitrogen and oxygen atoms in total. The molecule has 2 aromatic heterocycles. The third-order valence-corrected chi connectivity index (χ3v) is 3.64. The molecule has 0 saturated carbocycles. The van der Waals surface area contributed by atoms with E-state index in [-0.39, 0.29) is 5.56 Å². The third-order valence-electron chi connectivity index (χ3n) is 3.64. The molecule has 1 aliphatic rings. The number of fused-ring (bicyclic) bond motifs is 1. The molecule has 1 aliphatic heterocycles. The molecular weight excluding hydrogens is 240 g/mol. The zero-order chi connectivity index (χ0) is 13.4. The van der Waals surface area contributed by atoms with Crippen molar-refractivity contribution in [2.24, 2.45) is 0 Å².